The van der Waals surface area contributed by atoms with Crippen LogP contribution in [0, 0.1) is 0 Å². The van der Waals surface area contributed by atoms with Crippen molar-refractivity contribution in [2.45, 2.75) is 6.43 Å². The summed E-state index contributed by atoms with van der Waals surface area (Å²) in [6.07, 6.45) is 2.36. The summed E-state index contributed by atoms with van der Waals surface area (Å²) in [5.41, 5.74) is 0.688. The first-order chi connectivity index (χ1) is 6.77. The van der Waals surface area contributed by atoms with Gasteiger partial charge in [0.15, 0.2) is 5.82 Å². The van der Waals surface area contributed by atoms with E-state index < -0.39 is 13.0 Å². The Morgan fingerprint density at radius 3 is 3.07 bits per heavy atom. The van der Waals surface area contributed by atoms with E-state index in [1.54, 1.807) is 23.0 Å². The number of hydrogen-bond acceptors (Lipinski definition) is 3. The third-order valence-electron chi connectivity index (χ3n) is 1.75. The lowest BCUT2D eigenvalue weighted by atomic mass is 10.4. The first kappa shape index (κ1) is 8.86. The molecule has 0 aromatic carbocycles. The normalized spacial score (nSPS) is 11.1. The quantitative estimate of drug-likeness (QED) is 0.810. The molecule has 2 heterocycles. The van der Waals surface area contributed by atoms with Gasteiger partial charge in [-0.1, -0.05) is 0 Å². The largest absolute Gasteiger partial charge is 0.363 e. The van der Waals surface area contributed by atoms with Crippen molar-refractivity contribution in [1.82, 2.24) is 14.6 Å². The molecule has 0 saturated heterocycles. The van der Waals surface area contributed by atoms with E-state index in [1.165, 1.54) is 6.20 Å². The Morgan fingerprint density at radius 2 is 2.29 bits per heavy atom. The molecule has 0 aliphatic heterocycles. The minimum atomic E-state index is -2.39. The summed E-state index contributed by atoms with van der Waals surface area (Å²) in [4.78, 5) is 3.95. The van der Waals surface area contributed by atoms with Gasteiger partial charge in [0.05, 0.1) is 12.7 Å². The summed E-state index contributed by atoms with van der Waals surface area (Å²) in [5, 5.41) is 6.51. The number of rotatable bonds is 3. The molecule has 1 N–H and O–H groups in total. The maximum absolute atomic E-state index is 11.9. The van der Waals surface area contributed by atoms with E-state index in [2.05, 4.69) is 15.4 Å². The van der Waals surface area contributed by atoms with Gasteiger partial charge in [0.2, 0.25) is 0 Å². The number of halogens is 2. The van der Waals surface area contributed by atoms with Gasteiger partial charge in [0.1, 0.15) is 5.52 Å². The molecule has 6 heteroatoms. The second-order valence-corrected chi connectivity index (χ2v) is 2.71. The van der Waals surface area contributed by atoms with Gasteiger partial charge in [-0.3, -0.25) is 0 Å². The van der Waals surface area contributed by atoms with E-state index in [1.807, 2.05) is 0 Å². The van der Waals surface area contributed by atoms with Gasteiger partial charge in [0.25, 0.3) is 6.43 Å². The second-order valence-electron chi connectivity index (χ2n) is 2.71. The summed E-state index contributed by atoms with van der Waals surface area (Å²) in [6, 6.07) is 1.71. The Labute approximate surface area is 78.6 Å². The summed E-state index contributed by atoms with van der Waals surface area (Å²) in [7, 11) is 0. The predicted molar refractivity (Wildman–Crippen MR) is 47.5 cm³/mol. The van der Waals surface area contributed by atoms with Crippen molar-refractivity contribution in [3.8, 4) is 0 Å². The average Bonchev–Trinajstić information content (AvgIpc) is 2.62. The first-order valence-electron chi connectivity index (χ1n) is 4.08. The van der Waals surface area contributed by atoms with Crippen LogP contribution in [0.1, 0.15) is 0 Å². The molecule has 0 bridgehead atoms. The molecule has 2 aromatic heterocycles. The highest BCUT2D eigenvalue weighted by atomic mass is 19.3. The number of anilines is 1. The lowest BCUT2D eigenvalue weighted by Crippen LogP contribution is -2.12. The highest BCUT2D eigenvalue weighted by Crippen LogP contribution is 2.12. The van der Waals surface area contributed by atoms with Crippen LogP contribution < -0.4 is 5.32 Å². The molecule has 0 aliphatic carbocycles. The number of nitrogens with zero attached hydrogens (tertiary/aromatic N) is 3. The van der Waals surface area contributed by atoms with Crippen LogP contribution in [-0.2, 0) is 0 Å². The number of hydrogen-bond donors (Lipinski definition) is 1. The van der Waals surface area contributed by atoms with Crippen LogP contribution in [0.3, 0.4) is 0 Å². The van der Waals surface area contributed by atoms with E-state index in [0.717, 1.165) is 0 Å². The molecule has 74 valence electrons. The third-order valence-corrected chi connectivity index (χ3v) is 1.75. The molecule has 2 rings (SSSR count). The summed E-state index contributed by atoms with van der Waals surface area (Å²) >= 11 is 0. The SMILES string of the molecule is FC(F)CNc1nccn2nccc12. The number of fused-ring (bicyclic) bond motifs is 1. The van der Waals surface area contributed by atoms with Gasteiger partial charge >= 0.3 is 0 Å². The average molecular weight is 198 g/mol. The fraction of sp³-hybridized carbons (Fsp3) is 0.250. The van der Waals surface area contributed by atoms with Crippen LogP contribution >= 0.6 is 0 Å². The summed E-state index contributed by atoms with van der Waals surface area (Å²) in [5.74, 6) is 0.422. The van der Waals surface area contributed by atoms with Gasteiger partial charge in [-0.15, -0.1) is 0 Å². The van der Waals surface area contributed by atoms with Crippen molar-refractivity contribution >= 4 is 11.3 Å². The Bertz CT molecular complexity index is 426. The third kappa shape index (κ3) is 1.63. The molecule has 0 atom stereocenters. The van der Waals surface area contributed by atoms with Crippen LogP contribution in [0.15, 0.2) is 24.7 Å². The maximum Gasteiger partial charge on any atom is 0.255 e. The fourth-order valence-electron chi connectivity index (χ4n) is 1.17. The van der Waals surface area contributed by atoms with Crippen molar-refractivity contribution in [1.29, 1.82) is 0 Å². The zero-order valence-corrected chi connectivity index (χ0v) is 7.19. The molecule has 0 spiro atoms. The molecule has 0 unspecified atom stereocenters. The smallest absolute Gasteiger partial charge is 0.255 e. The predicted octanol–water partition coefficient (Wildman–Crippen LogP) is 1.41. The second kappa shape index (κ2) is 3.57. The molecule has 2 aromatic rings. The van der Waals surface area contributed by atoms with Gasteiger partial charge in [-0.25, -0.2) is 18.3 Å². The fourth-order valence-corrected chi connectivity index (χ4v) is 1.17. The van der Waals surface area contributed by atoms with Gasteiger partial charge in [0, 0.05) is 12.4 Å². The van der Waals surface area contributed by atoms with Crippen LogP contribution in [-0.4, -0.2) is 27.6 Å². The van der Waals surface area contributed by atoms with Crippen LogP contribution in [0.2, 0.25) is 0 Å². The maximum atomic E-state index is 11.9. The van der Waals surface area contributed by atoms with Crippen LogP contribution in [0.25, 0.3) is 5.52 Å². The topological polar surface area (TPSA) is 42.2 Å². The van der Waals surface area contributed by atoms with Crippen LogP contribution in [0.4, 0.5) is 14.6 Å². The van der Waals surface area contributed by atoms with Crippen molar-refractivity contribution in [3.05, 3.63) is 24.7 Å². The lowest BCUT2D eigenvalue weighted by Gasteiger charge is -2.05. The van der Waals surface area contributed by atoms with Crippen molar-refractivity contribution in [2.75, 3.05) is 11.9 Å². The number of nitrogens with one attached hydrogen (secondary N) is 1. The molecule has 0 saturated carbocycles. The van der Waals surface area contributed by atoms with Crippen molar-refractivity contribution in [2.24, 2.45) is 0 Å². The van der Waals surface area contributed by atoms with Crippen molar-refractivity contribution in [3.63, 3.8) is 0 Å². The molecule has 0 amide bonds. The first-order valence-corrected chi connectivity index (χ1v) is 4.08. The van der Waals surface area contributed by atoms with Crippen LogP contribution in [0.5, 0.6) is 0 Å². The summed E-state index contributed by atoms with van der Waals surface area (Å²) in [6.45, 7) is -0.405. The summed E-state index contributed by atoms with van der Waals surface area (Å²) < 4.78 is 25.4. The highest BCUT2D eigenvalue weighted by Gasteiger charge is 2.05. The number of aromatic nitrogens is 3. The monoisotopic (exact) mass is 198 g/mol. The minimum Gasteiger partial charge on any atom is -0.363 e. The van der Waals surface area contributed by atoms with E-state index >= 15 is 0 Å². The Balaban J connectivity index is 2.27. The minimum absolute atomic E-state index is 0.405. The van der Waals surface area contributed by atoms with Gasteiger partial charge in [-0.05, 0) is 6.07 Å². The Kier molecular flexibility index (Phi) is 2.26. The molecule has 0 fully saturated rings. The molecule has 4 nitrogen and oxygen atoms in total. The zero-order chi connectivity index (χ0) is 9.97. The van der Waals surface area contributed by atoms with Gasteiger partial charge < -0.3 is 5.32 Å². The Hall–Kier alpha value is -1.72. The molecular formula is C8H8F2N4. The lowest BCUT2D eigenvalue weighted by molar-refractivity contribution is 0.163. The molecule has 14 heavy (non-hydrogen) atoms. The van der Waals surface area contributed by atoms with E-state index in [9.17, 15) is 8.78 Å². The van der Waals surface area contributed by atoms with Gasteiger partial charge in [-0.2, -0.15) is 5.10 Å². The van der Waals surface area contributed by atoms with E-state index in [-0.39, 0.29) is 0 Å². The molecule has 0 radical (unpaired) electrons. The van der Waals surface area contributed by atoms with E-state index in [0.29, 0.717) is 11.3 Å². The zero-order valence-electron chi connectivity index (χ0n) is 7.19. The molecular weight excluding hydrogens is 190 g/mol. The Morgan fingerprint density at radius 1 is 1.43 bits per heavy atom. The number of alkyl halides is 2. The highest BCUT2D eigenvalue weighted by molar-refractivity contribution is 5.66. The molecule has 0 aliphatic rings. The standard InChI is InChI=1S/C8H8F2N4/c9-7(10)5-12-8-6-1-2-13-14(6)4-3-11-8/h1-4,7H,5H2,(H,11,12). The van der Waals surface area contributed by atoms with Crippen molar-refractivity contribution < 1.29 is 8.78 Å². The van der Waals surface area contributed by atoms with E-state index in [4.69, 9.17) is 0 Å².